The average molecular weight is 300 g/mol. The summed E-state index contributed by atoms with van der Waals surface area (Å²) >= 11 is 1.40. The minimum Gasteiger partial charge on any atom is -0.250 e. The zero-order valence-electron chi connectivity index (χ0n) is 10.5. The Bertz CT molecular complexity index is 683. The molecule has 1 aromatic heterocycles. The van der Waals surface area contributed by atoms with E-state index in [1.54, 1.807) is 5.51 Å². The highest BCUT2D eigenvalue weighted by molar-refractivity contribution is 7.89. The van der Waals surface area contributed by atoms with Crippen molar-refractivity contribution in [2.24, 2.45) is 0 Å². The van der Waals surface area contributed by atoms with Crippen molar-refractivity contribution in [2.45, 2.75) is 18.4 Å². The number of benzene rings is 1. The molecule has 0 saturated carbocycles. The summed E-state index contributed by atoms with van der Waals surface area (Å²) in [4.78, 5) is 4.91. The van der Waals surface area contributed by atoms with Gasteiger partial charge in [-0.05, 0) is 25.1 Å². The Morgan fingerprint density at radius 2 is 2.16 bits per heavy atom. The molecule has 0 N–H and O–H groups in total. The number of aryl methyl sites for hydroxylation is 1. The molecule has 4 nitrogen and oxygen atoms in total. The van der Waals surface area contributed by atoms with Crippen molar-refractivity contribution in [3.63, 3.8) is 0 Å². The van der Waals surface area contributed by atoms with E-state index >= 15 is 0 Å². The van der Waals surface area contributed by atoms with Crippen LogP contribution < -0.4 is 0 Å². The van der Waals surface area contributed by atoms with E-state index in [1.165, 1.54) is 40.9 Å². The molecule has 0 bridgehead atoms. The van der Waals surface area contributed by atoms with Crippen LogP contribution in [0.3, 0.4) is 0 Å². The molecule has 2 rings (SSSR count). The van der Waals surface area contributed by atoms with Gasteiger partial charge in [0.15, 0.2) is 0 Å². The van der Waals surface area contributed by atoms with Crippen LogP contribution in [0.25, 0.3) is 0 Å². The number of hydrogen-bond donors (Lipinski definition) is 0. The van der Waals surface area contributed by atoms with Crippen molar-refractivity contribution in [3.8, 4) is 0 Å². The Morgan fingerprint density at radius 1 is 1.42 bits per heavy atom. The number of thiazole rings is 1. The summed E-state index contributed by atoms with van der Waals surface area (Å²) in [6.07, 6.45) is 0. The van der Waals surface area contributed by atoms with Gasteiger partial charge in [-0.25, -0.2) is 17.8 Å². The number of aromatic nitrogens is 1. The molecule has 0 amide bonds. The molecule has 0 aliphatic heterocycles. The first-order valence-corrected chi connectivity index (χ1v) is 7.84. The second-order valence-electron chi connectivity index (χ2n) is 4.08. The summed E-state index contributed by atoms with van der Waals surface area (Å²) in [5.74, 6) is -0.566. The van der Waals surface area contributed by atoms with Gasteiger partial charge in [-0.1, -0.05) is 6.07 Å². The van der Waals surface area contributed by atoms with Gasteiger partial charge in [0.2, 0.25) is 10.0 Å². The van der Waals surface area contributed by atoms with Crippen molar-refractivity contribution in [2.75, 3.05) is 7.05 Å². The monoisotopic (exact) mass is 300 g/mol. The van der Waals surface area contributed by atoms with Gasteiger partial charge in [0, 0.05) is 18.5 Å². The first-order valence-electron chi connectivity index (χ1n) is 5.52. The summed E-state index contributed by atoms with van der Waals surface area (Å²) in [6, 6.07) is 5.00. The Morgan fingerprint density at radius 3 is 2.74 bits per heavy atom. The Labute approximate surface area is 115 Å². The van der Waals surface area contributed by atoms with Crippen LogP contribution in [0, 0.1) is 12.7 Å². The van der Waals surface area contributed by atoms with E-state index in [2.05, 4.69) is 4.98 Å². The molecule has 19 heavy (non-hydrogen) atoms. The lowest BCUT2D eigenvalue weighted by Crippen LogP contribution is -2.26. The molecule has 0 fully saturated rings. The van der Waals surface area contributed by atoms with Crippen molar-refractivity contribution in [1.29, 1.82) is 0 Å². The van der Waals surface area contributed by atoms with E-state index in [9.17, 15) is 12.8 Å². The SMILES string of the molecule is Cc1ncsc1CN(C)S(=O)(=O)c1cccc(F)c1. The summed E-state index contributed by atoms with van der Waals surface area (Å²) < 4.78 is 38.8. The van der Waals surface area contributed by atoms with Crippen molar-refractivity contribution < 1.29 is 12.8 Å². The van der Waals surface area contributed by atoms with Crippen LogP contribution in [0.4, 0.5) is 4.39 Å². The number of rotatable bonds is 4. The van der Waals surface area contributed by atoms with E-state index in [4.69, 9.17) is 0 Å². The third kappa shape index (κ3) is 2.99. The predicted octanol–water partition coefficient (Wildman–Crippen LogP) is 2.41. The lowest BCUT2D eigenvalue weighted by Gasteiger charge is -2.16. The van der Waals surface area contributed by atoms with Gasteiger partial charge >= 0.3 is 0 Å². The van der Waals surface area contributed by atoms with Crippen LogP contribution in [-0.4, -0.2) is 24.8 Å². The lowest BCUT2D eigenvalue weighted by atomic mass is 10.4. The summed E-state index contributed by atoms with van der Waals surface area (Å²) in [6.45, 7) is 2.06. The third-order valence-corrected chi connectivity index (χ3v) is 5.43. The Balaban J connectivity index is 2.27. The van der Waals surface area contributed by atoms with Crippen LogP contribution in [0.5, 0.6) is 0 Å². The van der Waals surface area contributed by atoms with E-state index in [0.29, 0.717) is 0 Å². The second-order valence-corrected chi connectivity index (χ2v) is 7.06. The maximum atomic E-state index is 13.1. The van der Waals surface area contributed by atoms with Crippen molar-refractivity contribution in [3.05, 3.63) is 46.2 Å². The summed E-state index contributed by atoms with van der Waals surface area (Å²) in [7, 11) is -2.21. The molecule has 0 radical (unpaired) electrons. The first kappa shape index (κ1) is 14.1. The largest absolute Gasteiger partial charge is 0.250 e. The van der Waals surface area contributed by atoms with E-state index in [-0.39, 0.29) is 11.4 Å². The fourth-order valence-electron chi connectivity index (χ4n) is 1.57. The average Bonchev–Trinajstić information content (AvgIpc) is 2.75. The lowest BCUT2D eigenvalue weighted by molar-refractivity contribution is 0.468. The fourth-order valence-corrected chi connectivity index (χ4v) is 3.65. The quantitative estimate of drug-likeness (QED) is 0.871. The van der Waals surface area contributed by atoms with Gasteiger partial charge in [0.25, 0.3) is 0 Å². The van der Waals surface area contributed by atoms with Crippen LogP contribution in [0.1, 0.15) is 10.6 Å². The topological polar surface area (TPSA) is 50.3 Å². The minimum absolute atomic E-state index is 0.0443. The predicted molar refractivity (Wildman–Crippen MR) is 71.9 cm³/mol. The Kier molecular flexibility index (Phi) is 3.98. The molecule has 102 valence electrons. The van der Waals surface area contributed by atoms with Gasteiger partial charge in [0.1, 0.15) is 5.82 Å². The Hall–Kier alpha value is -1.31. The molecule has 0 atom stereocenters. The highest BCUT2D eigenvalue weighted by atomic mass is 32.2. The highest BCUT2D eigenvalue weighted by Gasteiger charge is 2.22. The number of halogens is 1. The third-order valence-electron chi connectivity index (χ3n) is 2.72. The maximum absolute atomic E-state index is 13.1. The zero-order valence-corrected chi connectivity index (χ0v) is 12.1. The summed E-state index contributed by atoms with van der Waals surface area (Å²) in [5, 5.41) is 0. The van der Waals surface area contributed by atoms with Gasteiger partial charge < -0.3 is 0 Å². The molecule has 0 aliphatic rings. The molecule has 0 aliphatic carbocycles. The van der Waals surface area contributed by atoms with E-state index < -0.39 is 15.8 Å². The fraction of sp³-hybridized carbons (Fsp3) is 0.250. The highest BCUT2D eigenvalue weighted by Crippen LogP contribution is 2.20. The molecule has 1 aromatic carbocycles. The standard InChI is InChI=1S/C12H13FN2O2S2/c1-9-12(18-8-14-9)7-15(2)19(16,17)11-5-3-4-10(13)6-11/h3-6,8H,7H2,1-2H3. The van der Waals surface area contributed by atoms with Gasteiger partial charge in [-0.3, -0.25) is 0 Å². The molecule has 2 aromatic rings. The first-order chi connectivity index (χ1) is 8.91. The van der Waals surface area contributed by atoms with E-state index in [0.717, 1.165) is 16.6 Å². The van der Waals surface area contributed by atoms with Gasteiger partial charge in [-0.15, -0.1) is 11.3 Å². The van der Waals surface area contributed by atoms with Crippen LogP contribution >= 0.6 is 11.3 Å². The minimum atomic E-state index is -3.68. The van der Waals surface area contributed by atoms with Gasteiger partial charge in [0.05, 0.1) is 16.1 Å². The molecule has 0 saturated heterocycles. The summed E-state index contributed by atoms with van der Waals surface area (Å²) in [5.41, 5.74) is 2.49. The molecule has 0 spiro atoms. The molecular weight excluding hydrogens is 287 g/mol. The molecular formula is C12H13FN2O2S2. The number of nitrogens with zero attached hydrogens (tertiary/aromatic N) is 2. The second kappa shape index (κ2) is 5.36. The smallest absolute Gasteiger partial charge is 0.243 e. The maximum Gasteiger partial charge on any atom is 0.243 e. The van der Waals surface area contributed by atoms with Crippen LogP contribution in [0.15, 0.2) is 34.7 Å². The number of sulfonamides is 1. The normalized spacial score (nSPS) is 12.0. The zero-order chi connectivity index (χ0) is 14.0. The van der Waals surface area contributed by atoms with Crippen molar-refractivity contribution >= 4 is 21.4 Å². The molecule has 7 heteroatoms. The molecule has 0 unspecified atom stereocenters. The van der Waals surface area contributed by atoms with E-state index in [1.807, 2.05) is 6.92 Å². The number of hydrogen-bond acceptors (Lipinski definition) is 4. The van der Waals surface area contributed by atoms with Crippen molar-refractivity contribution in [1.82, 2.24) is 9.29 Å². The van der Waals surface area contributed by atoms with Gasteiger partial charge in [-0.2, -0.15) is 4.31 Å². The van der Waals surface area contributed by atoms with Crippen LogP contribution in [0.2, 0.25) is 0 Å². The van der Waals surface area contributed by atoms with Crippen LogP contribution in [-0.2, 0) is 16.6 Å². The molecule has 1 heterocycles.